The van der Waals surface area contributed by atoms with Crippen molar-refractivity contribution in [1.82, 2.24) is 20.0 Å². The van der Waals surface area contributed by atoms with E-state index in [1.54, 1.807) is 4.68 Å². The second kappa shape index (κ2) is 9.65. The van der Waals surface area contributed by atoms with E-state index in [1.807, 2.05) is 52.5 Å². The van der Waals surface area contributed by atoms with Gasteiger partial charge in [-0.05, 0) is 37.5 Å². The Kier molecular flexibility index (Phi) is 8.21. The lowest BCUT2D eigenvalue weighted by Crippen LogP contribution is -2.38. The largest absolute Gasteiger partial charge is 0.507 e. The number of hydrogen-bond acceptors (Lipinski definition) is 3. The summed E-state index contributed by atoms with van der Waals surface area (Å²) in [5.74, 6) is 1.22. The van der Waals surface area contributed by atoms with E-state index in [2.05, 4.69) is 22.2 Å². The number of guanidine groups is 1. The summed E-state index contributed by atoms with van der Waals surface area (Å²) in [7, 11) is 3.93. The van der Waals surface area contributed by atoms with Crippen molar-refractivity contribution in [3.63, 3.8) is 0 Å². The molecule has 1 heterocycles. The number of aromatic nitrogens is 2. The third-order valence-corrected chi connectivity index (χ3v) is 3.84. The molecule has 2 rings (SSSR count). The molecule has 25 heavy (non-hydrogen) atoms. The van der Waals surface area contributed by atoms with Crippen LogP contribution in [0.5, 0.6) is 5.75 Å². The molecule has 2 N–H and O–H groups in total. The highest BCUT2D eigenvalue weighted by molar-refractivity contribution is 14.0. The summed E-state index contributed by atoms with van der Waals surface area (Å²) in [5, 5.41) is 17.4. The summed E-state index contributed by atoms with van der Waals surface area (Å²) in [6, 6.07) is 3.97. The number of phenols is 1. The number of phenolic OH excluding ortho intramolecular Hbond substituents is 1. The van der Waals surface area contributed by atoms with E-state index < -0.39 is 0 Å². The molecule has 0 unspecified atom stereocenters. The molecule has 0 bridgehead atoms. The van der Waals surface area contributed by atoms with Gasteiger partial charge in [0.15, 0.2) is 5.96 Å². The number of nitrogens with one attached hydrogen (secondary N) is 1. The Balaban J connectivity index is 0.00000312. The summed E-state index contributed by atoms with van der Waals surface area (Å²) in [6.45, 7) is 8.01. The molecule has 0 fully saturated rings. The SMILES string of the molecule is CCNC(=NCc1cc(C)c(O)c(C)c1)N(C)Cc1cnn(C)c1.I. The molecule has 1 aromatic heterocycles. The van der Waals surface area contributed by atoms with Crippen LogP contribution in [0.15, 0.2) is 29.5 Å². The Morgan fingerprint density at radius 3 is 2.44 bits per heavy atom. The Hall–Kier alpha value is -1.77. The molecule has 2 aromatic rings. The Morgan fingerprint density at radius 2 is 1.92 bits per heavy atom. The number of rotatable bonds is 5. The van der Waals surface area contributed by atoms with Crippen LogP contribution < -0.4 is 5.32 Å². The van der Waals surface area contributed by atoms with Crippen LogP contribution in [0.3, 0.4) is 0 Å². The molecule has 0 amide bonds. The lowest BCUT2D eigenvalue weighted by molar-refractivity contribution is 0.466. The first-order chi connectivity index (χ1) is 11.4. The maximum atomic E-state index is 9.88. The van der Waals surface area contributed by atoms with Crippen molar-refractivity contribution in [2.45, 2.75) is 33.9 Å². The van der Waals surface area contributed by atoms with Gasteiger partial charge in [0.25, 0.3) is 0 Å². The van der Waals surface area contributed by atoms with Crippen molar-refractivity contribution in [2.75, 3.05) is 13.6 Å². The zero-order valence-electron chi connectivity index (χ0n) is 15.6. The van der Waals surface area contributed by atoms with Gasteiger partial charge in [-0.15, -0.1) is 24.0 Å². The first-order valence-corrected chi connectivity index (χ1v) is 8.16. The second-order valence-electron chi connectivity index (χ2n) is 6.13. The molecule has 0 aliphatic carbocycles. The van der Waals surface area contributed by atoms with Gasteiger partial charge in [0.2, 0.25) is 0 Å². The number of benzene rings is 1. The third kappa shape index (κ3) is 5.91. The highest BCUT2D eigenvalue weighted by Gasteiger charge is 2.08. The zero-order chi connectivity index (χ0) is 17.7. The molecule has 0 saturated heterocycles. The number of aromatic hydroxyl groups is 1. The minimum Gasteiger partial charge on any atom is -0.507 e. The normalized spacial score (nSPS) is 11.2. The summed E-state index contributed by atoms with van der Waals surface area (Å²) in [6.07, 6.45) is 3.87. The van der Waals surface area contributed by atoms with Gasteiger partial charge in [-0.1, -0.05) is 12.1 Å². The molecular formula is C18H28IN5O. The summed E-state index contributed by atoms with van der Waals surface area (Å²) >= 11 is 0. The zero-order valence-corrected chi connectivity index (χ0v) is 17.9. The van der Waals surface area contributed by atoms with Gasteiger partial charge in [-0.2, -0.15) is 5.10 Å². The lowest BCUT2D eigenvalue weighted by atomic mass is 10.1. The standard InChI is InChI=1S/C18H27N5O.HI/c1-6-19-18(22(4)11-16-10-21-23(5)12-16)20-9-15-7-13(2)17(24)14(3)8-15;/h7-8,10,12,24H,6,9,11H2,1-5H3,(H,19,20);1H. The average molecular weight is 457 g/mol. The van der Waals surface area contributed by atoms with Crippen LogP contribution in [0.1, 0.15) is 29.2 Å². The molecular weight excluding hydrogens is 429 g/mol. The predicted octanol–water partition coefficient (Wildman–Crippen LogP) is 2.96. The average Bonchev–Trinajstić information content (AvgIpc) is 2.93. The fraction of sp³-hybridized carbons (Fsp3) is 0.444. The molecule has 0 atom stereocenters. The van der Waals surface area contributed by atoms with E-state index >= 15 is 0 Å². The number of hydrogen-bond donors (Lipinski definition) is 2. The molecule has 6 nitrogen and oxygen atoms in total. The van der Waals surface area contributed by atoms with Gasteiger partial charge in [0.1, 0.15) is 5.75 Å². The van der Waals surface area contributed by atoms with Gasteiger partial charge in [-0.25, -0.2) is 4.99 Å². The van der Waals surface area contributed by atoms with E-state index in [4.69, 9.17) is 4.99 Å². The molecule has 138 valence electrons. The third-order valence-electron chi connectivity index (χ3n) is 3.84. The maximum Gasteiger partial charge on any atom is 0.194 e. The Bertz CT molecular complexity index is 703. The fourth-order valence-electron chi connectivity index (χ4n) is 2.67. The van der Waals surface area contributed by atoms with Crippen LogP contribution in [-0.2, 0) is 20.1 Å². The van der Waals surface area contributed by atoms with Crippen molar-refractivity contribution in [3.05, 3.63) is 46.8 Å². The first-order valence-electron chi connectivity index (χ1n) is 8.16. The number of aryl methyl sites for hydroxylation is 3. The Labute approximate surface area is 167 Å². The monoisotopic (exact) mass is 457 g/mol. The van der Waals surface area contributed by atoms with Crippen molar-refractivity contribution >= 4 is 29.9 Å². The van der Waals surface area contributed by atoms with Crippen LogP contribution >= 0.6 is 24.0 Å². The first kappa shape index (κ1) is 21.3. The van der Waals surface area contributed by atoms with E-state index in [1.165, 1.54) is 0 Å². The van der Waals surface area contributed by atoms with E-state index in [-0.39, 0.29) is 24.0 Å². The molecule has 0 saturated carbocycles. The van der Waals surface area contributed by atoms with Crippen LogP contribution in [0.4, 0.5) is 0 Å². The van der Waals surface area contributed by atoms with Crippen molar-refractivity contribution in [2.24, 2.45) is 12.0 Å². The Morgan fingerprint density at radius 1 is 1.28 bits per heavy atom. The van der Waals surface area contributed by atoms with Crippen LogP contribution in [0.25, 0.3) is 0 Å². The highest BCUT2D eigenvalue weighted by atomic mass is 127. The van der Waals surface area contributed by atoms with E-state index in [0.29, 0.717) is 12.3 Å². The second-order valence-corrected chi connectivity index (χ2v) is 6.13. The minimum absolute atomic E-state index is 0. The summed E-state index contributed by atoms with van der Waals surface area (Å²) in [4.78, 5) is 6.81. The molecule has 0 spiro atoms. The van der Waals surface area contributed by atoms with Crippen LogP contribution in [-0.4, -0.2) is 39.3 Å². The highest BCUT2D eigenvalue weighted by Crippen LogP contribution is 2.23. The van der Waals surface area contributed by atoms with Gasteiger partial charge in [0.05, 0.1) is 12.7 Å². The molecule has 0 radical (unpaired) electrons. The minimum atomic E-state index is 0. The topological polar surface area (TPSA) is 65.7 Å². The quantitative estimate of drug-likeness (QED) is 0.412. The fourth-order valence-corrected chi connectivity index (χ4v) is 2.67. The van der Waals surface area contributed by atoms with Gasteiger partial charge in [0, 0.05) is 38.9 Å². The van der Waals surface area contributed by atoms with Crippen molar-refractivity contribution in [3.8, 4) is 5.75 Å². The van der Waals surface area contributed by atoms with Crippen molar-refractivity contribution < 1.29 is 5.11 Å². The predicted molar refractivity (Wildman–Crippen MR) is 112 cm³/mol. The van der Waals surface area contributed by atoms with E-state index in [9.17, 15) is 5.11 Å². The smallest absolute Gasteiger partial charge is 0.194 e. The van der Waals surface area contributed by atoms with Gasteiger partial charge < -0.3 is 15.3 Å². The van der Waals surface area contributed by atoms with Crippen molar-refractivity contribution in [1.29, 1.82) is 0 Å². The number of aliphatic imine (C=N–C) groups is 1. The van der Waals surface area contributed by atoms with Gasteiger partial charge in [-0.3, -0.25) is 4.68 Å². The van der Waals surface area contributed by atoms with Crippen LogP contribution in [0.2, 0.25) is 0 Å². The molecule has 1 aromatic carbocycles. The summed E-state index contributed by atoms with van der Waals surface area (Å²) < 4.78 is 1.80. The maximum absolute atomic E-state index is 9.88. The summed E-state index contributed by atoms with van der Waals surface area (Å²) in [5.41, 5.74) is 4.00. The van der Waals surface area contributed by atoms with E-state index in [0.717, 1.165) is 41.3 Å². The van der Waals surface area contributed by atoms with Gasteiger partial charge >= 0.3 is 0 Å². The molecule has 7 heteroatoms. The van der Waals surface area contributed by atoms with Crippen LogP contribution in [0, 0.1) is 13.8 Å². The molecule has 0 aliphatic heterocycles. The lowest BCUT2D eigenvalue weighted by Gasteiger charge is -2.21. The number of nitrogens with zero attached hydrogens (tertiary/aromatic N) is 4. The molecule has 0 aliphatic rings. The number of halogens is 1.